The summed E-state index contributed by atoms with van der Waals surface area (Å²) in [5.41, 5.74) is 0.837. The van der Waals surface area contributed by atoms with E-state index in [1.165, 1.54) is 6.07 Å². The number of carbonyl (C=O) groups excluding carboxylic acids is 1. The fraction of sp³-hybridized carbons (Fsp3) is 0.409. The maximum atomic E-state index is 14.1. The average molecular weight is 464 g/mol. The van der Waals surface area contributed by atoms with Crippen molar-refractivity contribution < 1.29 is 27.1 Å². The molecule has 2 aliphatic rings. The Morgan fingerprint density at radius 2 is 1.69 bits per heavy atom. The number of hydrogen-bond donors (Lipinski definition) is 0. The van der Waals surface area contributed by atoms with Gasteiger partial charge in [-0.05, 0) is 31.2 Å². The zero-order valence-electron chi connectivity index (χ0n) is 18.0. The third-order valence-corrected chi connectivity index (χ3v) is 6.87. The highest BCUT2D eigenvalue weighted by Gasteiger charge is 2.34. The van der Waals surface area contributed by atoms with E-state index in [4.69, 9.17) is 9.47 Å². The summed E-state index contributed by atoms with van der Waals surface area (Å²) in [5.74, 6) is 0.373. The number of para-hydroxylation sites is 1. The van der Waals surface area contributed by atoms with Crippen LogP contribution >= 0.6 is 0 Å². The molecule has 32 heavy (non-hydrogen) atoms. The molecule has 2 heterocycles. The number of ether oxygens (including phenoxy) is 2. The van der Waals surface area contributed by atoms with Gasteiger partial charge in [0, 0.05) is 32.2 Å². The predicted molar refractivity (Wildman–Crippen MR) is 119 cm³/mol. The molecule has 8 nitrogen and oxygen atoms in total. The van der Waals surface area contributed by atoms with Gasteiger partial charge in [-0.15, -0.1) is 0 Å². The topological polar surface area (TPSA) is 79.4 Å². The molecular formula is C22H26FN3O5S. The Morgan fingerprint density at radius 3 is 2.34 bits per heavy atom. The molecule has 0 spiro atoms. The van der Waals surface area contributed by atoms with E-state index in [9.17, 15) is 17.6 Å². The van der Waals surface area contributed by atoms with Gasteiger partial charge in [0.05, 0.1) is 17.6 Å². The van der Waals surface area contributed by atoms with Gasteiger partial charge in [0.25, 0.3) is 0 Å². The van der Waals surface area contributed by atoms with Gasteiger partial charge in [-0.25, -0.2) is 12.8 Å². The largest absolute Gasteiger partial charge is 0.486 e. The molecule has 1 amide bonds. The highest BCUT2D eigenvalue weighted by molar-refractivity contribution is 7.92. The molecule has 172 valence electrons. The van der Waals surface area contributed by atoms with Crippen molar-refractivity contribution in [3.05, 3.63) is 48.3 Å². The third kappa shape index (κ3) is 4.45. The molecule has 1 fully saturated rings. The number of benzene rings is 2. The zero-order valence-corrected chi connectivity index (χ0v) is 18.8. The highest BCUT2D eigenvalue weighted by atomic mass is 32.2. The second kappa shape index (κ2) is 8.85. The summed E-state index contributed by atoms with van der Waals surface area (Å²) in [4.78, 5) is 16.7. The lowest BCUT2D eigenvalue weighted by Crippen LogP contribution is -2.55. The van der Waals surface area contributed by atoms with Crippen LogP contribution in [-0.4, -0.2) is 70.9 Å². The van der Waals surface area contributed by atoms with Crippen molar-refractivity contribution in [3.63, 3.8) is 0 Å². The minimum atomic E-state index is -3.76. The van der Waals surface area contributed by atoms with Crippen molar-refractivity contribution in [2.24, 2.45) is 0 Å². The number of rotatable bonds is 5. The van der Waals surface area contributed by atoms with Crippen molar-refractivity contribution >= 4 is 27.3 Å². The monoisotopic (exact) mass is 463 g/mol. The number of halogens is 1. The van der Waals surface area contributed by atoms with E-state index < -0.39 is 16.1 Å². The summed E-state index contributed by atoms with van der Waals surface area (Å²) in [6, 6.07) is 10.4. The van der Waals surface area contributed by atoms with E-state index in [0.29, 0.717) is 62.3 Å². The van der Waals surface area contributed by atoms with Crippen LogP contribution < -0.4 is 18.7 Å². The summed E-state index contributed by atoms with van der Waals surface area (Å²) in [6.45, 7) is 4.03. The first kappa shape index (κ1) is 22.2. The number of piperazine rings is 1. The first-order valence-corrected chi connectivity index (χ1v) is 12.3. The van der Waals surface area contributed by atoms with E-state index >= 15 is 0 Å². The molecule has 2 aromatic carbocycles. The molecule has 2 aromatic rings. The highest BCUT2D eigenvalue weighted by Crippen LogP contribution is 2.35. The number of anilines is 2. The fourth-order valence-electron chi connectivity index (χ4n) is 4.11. The normalized spacial score (nSPS) is 17.1. The van der Waals surface area contributed by atoms with E-state index in [0.717, 1.165) is 10.6 Å². The van der Waals surface area contributed by atoms with E-state index in [1.54, 1.807) is 48.2 Å². The quantitative estimate of drug-likeness (QED) is 0.676. The van der Waals surface area contributed by atoms with Crippen molar-refractivity contribution in [1.29, 1.82) is 0 Å². The maximum absolute atomic E-state index is 14.1. The lowest BCUT2D eigenvalue weighted by atomic mass is 10.2. The Balaban J connectivity index is 1.50. The zero-order chi connectivity index (χ0) is 22.9. The van der Waals surface area contributed by atoms with Crippen molar-refractivity contribution in [2.75, 3.05) is 54.9 Å². The molecule has 0 N–H and O–H groups in total. The van der Waals surface area contributed by atoms with Gasteiger partial charge >= 0.3 is 0 Å². The van der Waals surface area contributed by atoms with Crippen LogP contribution in [0.1, 0.15) is 6.92 Å². The van der Waals surface area contributed by atoms with Gasteiger partial charge in [0.2, 0.25) is 15.9 Å². The molecule has 4 rings (SSSR count). The van der Waals surface area contributed by atoms with Crippen LogP contribution in [0.2, 0.25) is 0 Å². The van der Waals surface area contributed by atoms with Crippen molar-refractivity contribution in [2.45, 2.75) is 13.0 Å². The van der Waals surface area contributed by atoms with Gasteiger partial charge < -0.3 is 19.3 Å². The minimum Gasteiger partial charge on any atom is -0.486 e. The molecule has 1 atom stereocenters. The summed E-state index contributed by atoms with van der Waals surface area (Å²) in [7, 11) is -3.76. The second-order valence-electron chi connectivity index (χ2n) is 7.83. The number of nitrogens with zero attached hydrogens (tertiary/aromatic N) is 3. The molecule has 1 saturated heterocycles. The summed E-state index contributed by atoms with van der Waals surface area (Å²) in [6.07, 6.45) is 1.07. The van der Waals surface area contributed by atoms with Crippen LogP contribution in [0, 0.1) is 5.82 Å². The number of sulfonamides is 1. The molecule has 0 saturated carbocycles. The Kier molecular flexibility index (Phi) is 6.14. The lowest BCUT2D eigenvalue weighted by molar-refractivity contribution is -0.132. The molecule has 10 heteroatoms. The Hall–Kier alpha value is -3.01. The lowest BCUT2D eigenvalue weighted by Gasteiger charge is -2.39. The van der Waals surface area contributed by atoms with Crippen LogP contribution in [0.3, 0.4) is 0 Å². The number of hydrogen-bond acceptors (Lipinski definition) is 6. The van der Waals surface area contributed by atoms with Crippen LogP contribution in [-0.2, 0) is 14.8 Å². The smallest absolute Gasteiger partial charge is 0.246 e. The van der Waals surface area contributed by atoms with Crippen molar-refractivity contribution in [1.82, 2.24) is 4.90 Å². The van der Waals surface area contributed by atoms with Crippen LogP contribution in [0.5, 0.6) is 11.5 Å². The maximum Gasteiger partial charge on any atom is 0.246 e. The van der Waals surface area contributed by atoms with E-state index in [-0.39, 0.29) is 11.7 Å². The predicted octanol–water partition coefficient (Wildman–Crippen LogP) is 2.10. The third-order valence-electron chi connectivity index (χ3n) is 5.63. The Labute approximate surface area is 187 Å². The molecular weight excluding hydrogens is 437 g/mol. The van der Waals surface area contributed by atoms with Gasteiger partial charge in [-0.2, -0.15) is 0 Å². The van der Waals surface area contributed by atoms with Crippen LogP contribution in [0.25, 0.3) is 0 Å². The van der Waals surface area contributed by atoms with Gasteiger partial charge in [0.1, 0.15) is 25.1 Å². The number of amides is 1. The van der Waals surface area contributed by atoms with Crippen LogP contribution in [0.4, 0.5) is 15.8 Å². The molecule has 0 aromatic heterocycles. The molecule has 0 aliphatic carbocycles. The van der Waals surface area contributed by atoms with Gasteiger partial charge in [-0.1, -0.05) is 12.1 Å². The van der Waals surface area contributed by atoms with Crippen LogP contribution in [0.15, 0.2) is 42.5 Å². The Bertz CT molecular complexity index is 1100. The molecule has 2 aliphatic heterocycles. The van der Waals surface area contributed by atoms with Gasteiger partial charge in [-0.3, -0.25) is 9.10 Å². The first-order valence-electron chi connectivity index (χ1n) is 10.4. The number of carbonyl (C=O) groups is 1. The number of fused-ring (bicyclic) bond motifs is 1. The van der Waals surface area contributed by atoms with E-state index in [2.05, 4.69) is 0 Å². The molecule has 0 unspecified atom stereocenters. The molecule has 0 bridgehead atoms. The van der Waals surface area contributed by atoms with E-state index in [1.807, 2.05) is 4.90 Å². The summed E-state index contributed by atoms with van der Waals surface area (Å²) < 4.78 is 51.5. The standard InChI is InChI=1S/C22H26FN3O5S/c1-16(22(27)25-11-9-24(10-12-25)19-6-4-3-5-18(19)23)26(32(2,28)29)17-7-8-20-21(15-17)31-14-13-30-20/h3-8,15-16H,9-14H2,1-2H3/t16-/m0/s1. The first-order chi connectivity index (χ1) is 15.3. The molecule has 0 radical (unpaired) electrons. The summed E-state index contributed by atoms with van der Waals surface area (Å²) in [5, 5.41) is 0. The second-order valence-corrected chi connectivity index (χ2v) is 9.69. The van der Waals surface area contributed by atoms with Gasteiger partial charge in [0.15, 0.2) is 11.5 Å². The Morgan fingerprint density at radius 1 is 1.03 bits per heavy atom. The van der Waals surface area contributed by atoms with Crippen molar-refractivity contribution in [3.8, 4) is 11.5 Å². The SMILES string of the molecule is C[C@@H](C(=O)N1CCN(c2ccccc2F)CC1)N(c1ccc2c(c1)OCCO2)S(C)(=O)=O. The summed E-state index contributed by atoms with van der Waals surface area (Å²) >= 11 is 0. The average Bonchev–Trinajstić information content (AvgIpc) is 2.78. The fourth-order valence-corrected chi connectivity index (χ4v) is 5.27. The minimum absolute atomic E-state index is 0.303.